The van der Waals surface area contributed by atoms with Gasteiger partial charge < -0.3 is 15.1 Å². The first-order valence-electron chi connectivity index (χ1n) is 9.44. The van der Waals surface area contributed by atoms with E-state index in [-0.39, 0.29) is 17.7 Å². The lowest BCUT2D eigenvalue weighted by molar-refractivity contribution is -0.120. The number of anilines is 3. The lowest BCUT2D eigenvalue weighted by Gasteiger charge is -2.32. The van der Waals surface area contributed by atoms with Crippen LogP contribution in [0.5, 0.6) is 0 Å². The molecule has 0 aliphatic carbocycles. The number of carbonyl (C=O) groups is 2. The van der Waals surface area contributed by atoms with Crippen molar-refractivity contribution in [2.45, 2.75) is 25.7 Å². The number of rotatable bonds is 4. The number of aromatic nitrogens is 2. The van der Waals surface area contributed by atoms with E-state index in [4.69, 9.17) is 0 Å². The molecule has 0 saturated carbocycles. The van der Waals surface area contributed by atoms with Crippen molar-refractivity contribution in [3.05, 3.63) is 42.7 Å². The Kier molecular flexibility index (Phi) is 5.00. The molecule has 7 heteroatoms. The zero-order valence-corrected chi connectivity index (χ0v) is 15.2. The molecular weight excluding hydrogens is 342 g/mol. The lowest BCUT2D eigenvalue weighted by atomic mass is 9.97. The summed E-state index contributed by atoms with van der Waals surface area (Å²) in [6, 6.07) is 9.32. The molecule has 0 spiro atoms. The van der Waals surface area contributed by atoms with Gasteiger partial charge in [-0.3, -0.25) is 9.59 Å². The molecule has 3 heterocycles. The largest absolute Gasteiger partial charge is 0.340 e. The summed E-state index contributed by atoms with van der Waals surface area (Å²) in [5.74, 6) is 0.703. The van der Waals surface area contributed by atoms with Crippen LogP contribution in [0.25, 0.3) is 0 Å². The summed E-state index contributed by atoms with van der Waals surface area (Å²) in [6.07, 6.45) is 6.69. The van der Waals surface area contributed by atoms with Crippen molar-refractivity contribution in [1.82, 2.24) is 9.97 Å². The Hall–Kier alpha value is -2.96. The summed E-state index contributed by atoms with van der Waals surface area (Å²) in [5.41, 5.74) is 1.57. The fourth-order valence-electron chi connectivity index (χ4n) is 3.74. The minimum atomic E-state index is -0.111. The van der Waals surface area contributed by atoms with Gasteiger partial charge in [0.15, 0.2) is 0 Å². The molecule has 1 N–H and O–H groups in total. The van der Waals surface area contributed by atoms with E-state index in [2.05, 4.69) is 20.2 Å². The van der Waals surface area contributed by atoms with Crippen molar-refractivity contribution in [3.63, 3.8) is 0 Å². The molecule has 140 valence electrons. The fourth-order valence-corrected chi connectivity index (χ4v) is 3.74. The van der Waals surface area contributed by atoms with Gasteiger partial charge in [0.2, 0.25) is 17.8 Å². The Labute approximate surface area is 158 Å². The van der Waals surface area contributed by atoms with Crippen LogP contribution in [0.15, 0.2) is 42.7 Å². The second-order valence-electron chi connectivity index (χ2n) is 7.02. The molecule has 2 aliphatic heterocycles. The predicted octanol–water partition coefficient (Wildman–Crippen LogP) is 2.46. The second kappa shape index (κ2) is 7.73. The van der Waals surface area contributed by atoms with Crippen LogP contribution >= 0.6 is 0 Å². The highest BCUT2D eigenvalue weighted by Gasteiger charge is 2.27. The molecule has 2 saturated heterocycles. The summed E-state index contributed by atoms with van der Waals surface area (Å²) >= 11 is 0. The minimum Gasteiger partial charge on any atom is -0.340 e. The van der Waals surface area contributed by atoms with E-state index in [0.717, 1.165) is 43.7 Å². The van der Waals surface area contributed by atoms with Crippen LogP contribution in [0.2, 0.25) is 0 Å². The Morgan fingerprint density at radius 2 is 1.96 bits per heavy atom. The first kappa shape index (κ1) is 17.5. The zero-order chi connectivity index (χ0) is 18.6. The highest BCUT2D eigenvalue weighted by molar-refractivity contribution is 5.97. The predicted molar refractivity (Wildman–Crippen MR) is 104 cm³/mol. The van der Waals surface area contributed by atoms with Crippen molar-refractivity contribution >= 4 is 29.1 Å². The molecule has 2 amide bonds. The molecule has 2 aliphatic rings. The van der Waals surface area contributed by atoms with Gasteiger partial charge in [0, 0.05) is 49.8 Å². The van der Waals surface area contributed by atoms with Crippen molar-refractivity contribution in [2.24, 2.45) is 5.92 Å². The summed E-state index contributed by atoms with van der Waals surface area (Å²) in [5, 5.41) is 3.02. The summed E-state index contributed by atoms with van der Waals surface area (Å²) in [4.78, 5) is 37.2. The van der Waals surface area contributed by atoms with Crippen LogP contribution < -0.4 is 15.1 Å². The Morgan fingerprint density at radius 1 is 1.11 bits per heavy atom. The maximum absolute atomic E-state index is 12.8. The standard InChI is InChI=1S/C20H23N5O2/c26-18-8-3-12-25(18)17-7-1-6-16(13-17)23-19(27)15-5-2-11-24(14-15)20-21-9-4-10-22-20/h1,4,6-7,9-10,13,15H,2-3,5,8,11-12,14H2,(H,23,27). The first-order chi connectivity index (χ1) is 13.2. The van der Waals surface area contributed by atoms with Crippen LogP contribution in [0.4, 0.5) is 17.3 Å². The minimum absolute atomic E-state index is 0.000490. The number of benzene rings is 1. The molecule has 27 heavy (non-hydrogen) atoms. The second-order valence-corrected chi connectivity index (χ2v) is 7.02. The van der Waals surface area contributed by atoms with Crippen LogP contribution in [0, 0.1) is 5.92 Å². The third-order valence-corrected chi connectivity index (χ3v) is 5.13. The third kappa shape index (κ3) is 3.92. The van der Waals surface area contributed by atoms with Crippen LogP contribution in [-0.2, 0) is 9.59 Å². The SMILES string of the molecule is O=C(Nc1cccc(N2CCCC2=O)c1)C1CCCN(c2ncccn2)C1. The van der Waals surface area contributed by atoms with Crippen molar-refractivity contribution in [1.29, 1.82) is 0 Å². The summed E-state index contributed by atoms with van der Waals surface area (Å²) < 4.78 is 0. The van der Waals surface area contributed by atoms with Crippen LogP contribution in [0.3, 0.4) is 0 Å². The zero-order valence-electron chi connectivity index (χ0n) is 15.2. The number of nitrogens with zero attached hydrogens (tertiary/aromatic N) is 4. The highest BCUT2D eigenvalue weighted by atomic mass is 16.2. The molecule has 2 aromatic rings. The molecule has 7 nitrogen and oxygen atoms in total. The molecule has 0 radical (unpaired) electrons. The molecule has 1 aromatic heterocycles. The van der Waals surface area contributed by atoms with Gasteiger partial charge in [0.05, 0.1) is 5.92 Å². The number of piperidine rings is 1. The highest BCUT2D eigenvalue weighted by Crippen LogP contribution is 2.26. The monoisotopic (exact) mass is 365 g/mol. The van der Waals surface area contributed by atoms with Crippen LogP contribution in [0.1, 0.15) is 25.7 Å². The van der Waals surface area contributed by atoms with Gasteiger partial charge in [-0.05, 0) is 43.5 Å². The maximum Gasteiger partial charge on any atom is 0.229 e. The molecule has 1 unspecified atom stereocenters. The maximum atomic E-state index is 12.8. The van der Waals surface area contributed by atoms with Crippen molar-refractivity contribution in [3.8, 4) is 0 Å². The van der Waals surface area contributed by atoms with E-state index in [9.17, 15) is 9.59 Å². The summed E-state index contributed by atoms with van der Waals surface area (Å²) in [6.45, 7) is 2.21. The smallest absolute Gasteiger partial charge is 0.229 e. The Morgan fingerprint density at radius 3 is 2.74 bits per heavy atom. The van der Waals surface area contributed by atoms with Gasteiger partial charge >= 0.3 is 0 Å². The van der Waals surface area contributed by atoms with E-state index in [1.54, 1.807) is 23.4 Å². The average Bonchev–Trinajstić information content (AvgIpc) is 3.15. The van der Waals surface area contributed by atoms with Gasteiger partial charge in [-0.25, -0.2) is 9.97 Å². The number of carbonyl (C=O) groups excluding carboxylic acids is 2. The van der Waals surface area contributed by atoms with Gasteiger partial charge in [-0.15, -0.1) is 0 Å². The fraction of sp³-hybridized carbons (Fsp3) is 0.400. The van der Waals surface area contributed by atoms with Gasteiger partial charge in [0.25, 0.3) is 0 Å². The third-order valence-electron chi connectivity index (χ3n) is 5.13. The average molecular weight is 365 g/mol. The molecule has 2 fully saturated rings. The van der Waals surface area contributed by atoms with E-state index < -0.39 is 0 Å². The molecular formula is C20H23N5O2. The summed E-state index contributed by atoms with van der Waals surface area (Å²) in [7, 11) is 0. The van der Waals surface area contributed by atoms with E-state index in [1.807, 2.05) is 24.3 Å². The van der Waals surface area contributed by atoms with Gasteiger partial charge in [-0.1, -0.05) is 6.07 Å². The number of nitrogens with one attached hydrogen (secondary N) is 1. The van der Waals surface area contributed by atoms with Crippen molar-refractivity contribution in [2.75, 3.05) is 34.8 Å². The molecule has 1 aromatic carbocycles. The van der Waals surface area contributed by atoms with Crippen LogP contribution in [-0.4, -0.2) is 41.4 Å². The van der Waals surface area contributed by atoms with E-state index >= 15 is 0 Å². The van der Waals surface area contributed by atoms with Crippen molar-refractivity contribution < 1.29 is 9.59 Å². The first-order valence-corrected chi connectivity index (χ1v) is 9.44. The lowest BCUT2D eigenvalue weighted by Crippen LogP contribution is -2.41. The Balaban J connectivity index is 1.42. The number of hydrogen-bond acceptors (Lipinski definition) is 5. The molecule has 4 rings (SSSR count). The van der Waals surface area contributed by atoms with E-state index in [1.165, 1.54) is 0 Å². The normalized spacial score (nSPS) is 20.0. The van der Waals surface area contributed by atoms with Gasteiger partial charge in [0.1, 0.15) is 0 Å². The van der Waals surface area contributed by atoms with E-state index in [0.29, 0.717) is 18.9 Å². The Bertz CT molecular complexity index is 826. The number of amides is 2. The molecule has 1 atom stereocenters. The number of hydrogen-bond donors (Lipinski definition) is 1. The topological polar surface area (TPSA) is 78.4 Å². The molecule has 0 bridgehead atoms. The van der Waals surface area contributed by atoms with Gasteiger partial charge in [-0.2, -0.15) is 0 Å². The quantitative estimate of drug-likeness (QED) is 0.900.